The number of hydrogen-bond donors (Lipinski definition) is 2. The topological polar surface area (TPSA) is 97.4 Å². The van der Waals surface area contributed by atoms with Crippen LogP contribution in [0.1, 0.15) is 63.4 Å². The molecule has 1 aromatic heterocycles. The normalized spacial score (nSPS) is 21.9. The van der Waals surface area contributed by atoms with Crippen LogP contribution >= 0.6 is 0 Å². The van der Waals surface area contributed by atoms with Gasteiger partial charge in [-0.25, -0.2) is 13.2 Å². The maximum atomic E-state index is 13.4. The summed E-state index contributed by atoms with van der Waals surface area (Å²) < 4.78 is 33.2. The summed E-state index contributed by atoms with van der Waals surface area (Å²) in [5, 5.41) is 5.00. The summed E-state index contributed by atoms with van der Waals surface area (Å²) in [6.07, 6.45) is 12.3. The van der Waals surface area contributed by atoms with Crippen LogP contribution in [0.15, 0.2) is 53.7 Å². The van der Waals surface area contributed by atoms with Crippen LogP contribution in [0.4, 0.5) is 10.5 Å². The highest BCUT2D eigenvalue weighted by Gasteiger charge is 2.38. The van der Waals surface area contributed by atoms with Gasteiger partial charge in [-0.15, -0.1) is 0 Å². The summed E-state index contributed by atoms with van der Waals surface area (Å²) >= 11 is 0. The van der Waals surface area contributed by atoms with E-state index < -0.39 is 15.1 Å². The quantitative estimate of drug-likeness (QED) is 0.602. The number of nitrogens with one attached hydrogen (secondary N) is 2. The predicted molar refractivity (Wildman–Crippen MR) is 128 cm³/mol. The van der Waals surface area contributed by atoms with Crippen molar-refractivity contribution in [3.63, 3.8) is 0 Å². The van der Waals surface area contributed by atoms with Crippen molar-refractivity contribution in [3.8, 4) is 0 Å². The Hall–Kier alpha value is -2.45. The van der Waals surface area contributed by atoms with E-state index in [1.807, 2.05) is 12.1 Å². The SMILES string of the molecule is O=C(NCc1cccnc1)Nc1ccc(S(=O)(=O)C2CCCCC2OC2CCCCC2)cc1. The molecule has 2 fully saturated rings. The Kier molecular flexibility index (Phi) is 7.98. The maximum absolute atomic E-state index is 13.4. The van der Waals surface area contributed by atoms with Crippen molar-refractivity contribution in [1.29, 1.82) is 0 Å². The van der Waals surface area contributed by atoms with E-state index in [-0.39, 0.29) is 23.1 Å². The molecule has 2 aliphatic rings. The minimum Gasteiger partial charge on any atom is -0.374 e. The number of sulfone groups is 1. The van der Waals surface area contributed by atoms with Gasteiger partial charge in [-0.05, 0) is 61.6 Å². The van der Waals surface area contributed by atoms with Crippen LogP contribution in [0.3, 0.4) is 0 Å². The summed E-state index contributed by atoms with van der Waals surface area (Å²) in [7, 11) is -3.51. The second-order valence-electron chi connectivity index (χ2n) is 9.00. The van der Waals surface area contributed by atoms with Gasteiger partial charge < -0.3 is 15.4 Å². The van der Waals surface area contributed by atoms with Gasteiger partial charge in [-0.1, -0.05) is 38.2 Å². The van der Waals surface area contributed by atoms with Gasteiger partial charge in [0.2, 0.25) is 0 Å². The maximum Gasteiger partial charge on any atom is 0.319 e. The average Bonchev–Trinajstić information content (AvgIpc) is 2.85. The van der Waals surface area contributed by atoms with E-state index in [2.05, 4.69) is 15.6 Å². The Labute approximate surface area is 196 Å². The lowest BCUT2D eigenvalue weighted by molar-refractivity contribution is -0.0429. The fourth-order valence-electron chi connectivity index (χ4n) is 4.78. The molecule has 1 aromatic carbocycles. The van der Waals surface area contributed by atoms with Crippen LogP contribution in [-0.4, -0.2) is 36.9 Å². The van der Waals surface area contributed by atoms with Gasteiger partial charge in [-0.2, -0.15) is 0 Å². The number of carbonyl (C=O) groups excluding carboxylic acids is 1. The van der Waals surface area contributed by atoms with Crippen molar-refractivity contribution in [2.24, 2.45) is 0 Å². The van der Waals surface area contributed by atoms with E-state index in [1.165, 1.54) is 19.3 Å². The second-order valence-corrected chi connectivity index (χ2v) is 11.2. The molecule has 4 rings (SSSR count). The molecule has 0 saturated heterocycles. The molecule has 2 unspecified atom stereocenters. The van der Waals surface area contributed by atoms with Crippen LogP contribution in [0.2, 0.25) is 0 Å². The van der Waals surface area contributed by atoms with Crippen molar-refractivity contribution in [3.05, 3.63) is 54.4 Å². The molecule has 0 aliphatic heterocycles. The first kappa shape index (κ1) is 23.7. The number of pyridine rings is 1. The highest BCUT2D eigenvalue weighted by atomic mass is 32.2. The fourth-order valence-corrected chi connectivity index (χ4v) is 6.73. The summed E-state index contributed by atoms with van der Waals surface area (Å²) in [6, 6.07) is 9.76. The number of urea groups is 1. The van der Waals surface area contributed by atoms with Gasteiger partial charge in [0.25, 0.3) is 0 Å². The van der Waals surface area contributed by atoms with E-state index in [4.69, 9.17) is 4.74 Å². The molecular formula is C25H33N3O4S. The summed E-state index contributed by atoms with van der Waals surface area (Å²) in [5.74, 6) is 0. The number of aromatic nitrogens is 1. The number of nitrogens with zero attached hydrogens (tertiary/aromatic N) is 1. The van der Waals surface area contributed by atoms with Crippen molar-refractivity contribution >= 4 is 21.6 Å². The third kappa shape index (κ3) is 6.32. The lowest BCUT2D eigenvalue weighted by Crippen LogP contribution is -2.41. The first-order chi connectivity index (χ1) is 16.0. The number of amides is 2. The highest BCUT2D eigenvalue weighted by Crippen LogP contribution is 2.34. The molecule has 2 atom stereocenters. The number of carbonyl (C=O) groups is 1. The van der Waals surface area contributed by atoms with E-state index in [0.717, 1.165) is 37.7 Å². The summed E-state index contributed by atoms with van der Waals surface area (Å²) in [4.78, 5) is 16.5. The molecule has 0 bridgehead atoms. The summed E-state index contributed by atoms with van der Waals surface area (Å²) in [5.41, 5.74) is 1.43. The molecule has 0 radical (unpaired) electrons. The molecule has 2 N–H and O–H groups in total. The molecule has 0 spiro atoms. The Balaban J connectivity index is 1.37. The number of rotatable bonds is 7. The van der Waals surface area contributed by atoms with E-state index >= 15 is 0 Å². The van der Waals surface area contributed by atoms with E-state index in [0.29, 0.717) is 18.7 Å². The smallest absolute Gasteiger partial charge is 0.319 e. The van der Waals surface area contributed by atoms with Gasteiger partial charge in [0.05, 0.1) is 22.4 Å². The van der Waals surface area contributed by atoms with Crippen molar-refractivity contribution in [2.75, 3.05) is 5.32 Å². The Bertz CT molecular complexity index is 1010. The molecule has 178 valence electrons. The zero-order valence-corrected chi connectivity index (χ0v) is 19.7. The van der Waals surface area contributed by atoms with Gasteiger partial charge in [0.15, 0.2) is 9.84 Å². The molecule has 1 heterocycles. The molecule has 7 nitrogen and oxygen atoms in total. The monoisotopic (exact) mass is 471 g/mol. The van der Waals surface area contributed by atoms with Crippen molar-refractivity contribution in [2.45, 2.75) is 86.7 Å². The molecule has 2 saturated carbocycles. The second kappa shape index (κ2) is 11.1. The number of benzene rings is 1. The lowest BCUT2D eigenvalue weighted by Gasteiger charge is -2.35. The minimum absolute atomic E-state index is 0.191. The standard InChI is InChI=1S/C25H33N3O4S/c29-25(27-18-19-7-6-16-26-17-19)28-20-12-14-22(15-13-20)33(30,31)24-11-5-4-10-23(24)32-21-8-2-1-3-9-21/h6-7,12-17,21,23-24H,1-5,8-11,18H2,(H2,27,28,29). The molecule has 2 aliphatic carbocycles. The highest BCUT2D eigenvalue weighted by molar-refractivity contribution is 7.92. The Morgan fingerprint density at radius 1 is 0.970 bits per heavy atom. The number of ether oxygens (including phenoxy) is 1. The molecule has 2 aromatic rings. The van der Waals surface area contributed by atoms with Gasteiger partial charge in [0.1, 0.15) is 0 Å². The van der Waals surface area contributed by atoms with Crippen molar-refractivity contribution < 1.29 is 17.9 Å². The fraction of sp³-hybridized carbons (Fsp3) is 0.520. The van der Waals surface area contributed by atoms with Crippen LogP contribution in [0.5, 0.6) is 0 Å². The third-order valence-corrected chi connectivity index (χ3v) is 8.84. The van der Waals surface area contributed by atoms with Crippen molar-refractivity contribution in [1.82, 2.24) is 10.3 Å². The van der Waals surface area contributed by atoms with E-state index in [9.17, 15) is 13.2 Å². The van der Waals surface area contributed by atoms with Gasteiger partial charge in [-0.3, -0.25) is 4.98 Å². The lowest BCUT2D eigenvalue weighted by atomic mass is 9.94. The number of hydrogen-bond acceptors (Lipinski definition) is 5. The molecule has 8 heteroatoms. The Morgan fingerprint density at radius 2 is 1.70 bits per heavy atom. The van der Waals surface area contributed by atoms with Crippen LogP contribution in [0, 0.1) is 0 Å². The van der Waals surface area contributed by atoms with Crippen LogP contribution < -0.4 is 10.6 Å². The largest absolute Gasteiger partial charge is 0.374 e. The third-order valence-electron chi connectivity index (χ3n) is 6.58. The van der Waals surface area contributed by atoms with Crippen LogP contribution in [-0.2, 0) is 21.1 Å². The summed E-state index contributed by atoms with van der Waals surface area (Å²) in [6.45, 7) is 0.357. The Morgan fingerprint density at radius 3 is 2.42 bits per heavy atom. The van der Waals surface area contributed by atoms with Crippen LogP contribution in [0.25, 0.3) is 0 Å². The number of anilines is 1. The average molecular weight is 472 g/mol. The zero-order valence-electron chi connectivity index (χ0n) is 18.9. The minimum atomic E-state index is -3.51. The molecular weight excluding hydrogens is 438 g/mol. The molecule has 33 heavy (non-hydrogen) atoms. The van der Waals surface area contributed by atoms with Gasteiger partial charge in [0, 0.05) is 24.6 Å². The first-order valence-corrected chi connectivity index (χ1v) is 13.5. The molecule has 2 amide bonds. The predicted octanol–water partition coefficient (Wildman–Crippen LogP) is 4.84. The van der Waals surface area contributed by atoms with Gasteiger partial charge >= 0.3 is 6.03 Å². The zero-order chi connectivity index (χ0) is 23.1. The first-order valence-electron chi connectivity index (χ1n) is 12.0. The van der Waals surface area contributed by atoms with E-state index in [1.54, 1.807) is 36.7 Å².